The molecule has 0 spiro atoms. The number of unbranched alkanes of at least 4 members (excludes halogenated alkanes) is 8. The minimum Gasteiger partial charge on any atom is -0.462 e. The lowest BCUT2D eigenvalue weighted by atomic mass is 10.1. The summed E-state index contributed by atoms with van der Waals surface area (Å²) in [6.07, 6.45) is 13.8. The molecule has 36 heavy (non-hydrogen) atoms. The molecule has 0 rings (SSSR count). The number of phosphoric ester groups is 1. The Bertz CT molecular complexity index is 640. The molecular weight excluding hydrogens is 491 g/mol. The number of phosphoric acid groups is 1. The maximum Gasteiger partial charge on any atom is 0.472 e. The smallest absolute Gasteiger partial charge is 0.462 e. The zero-order valence-electron chi connectivity index (χ0n) is 22.0. The molecule has 0 aliphatic carbocycles. The summed E-state index contributed by atoms with van der Waals surface area (Å²) in [4.78, 5) is 33.6. The molecule has 0 saturated heterocycles. The predicted molar refractivity (Wildman–Crippen MR) is 136 cm³/mol. The van der Waals surface area contributed by atoms with Crippen LogP contribution in [-0.4, -0.2) is 65.7 Å². The molecule has 0 aromatic rings. The van der Waals surface area contributed by atoms with E-state index >= 15 is 0 Å². The van der Waals surface area contributed by atoms with E-state index in [0.717, 1.165) is 38.5 Å². The summed E-state index contributed by atoms with van der Waals surface area (Å²) in [5, 5.41) is 18.0. The van der Waals surface area contributed by atoms with Gasteiger partial charge in [0.1, 0.15) is 12.7 Å². The Labute approximate surface area is 216 Å². The lowest BCUT2D eigenvalue weighted by Crippen LogP contribution is -2.29. The van der Waals surface area contributed by atoms with E-state index in [0.29, 0.717) is 12.8 Å². The minimum atomic E-state index is -4.57. The third-order valence-corrected chi connectivity index (χ3v) is 6.09. The van der Waals surface area contributed by atoms with Crippen LogP contribution in [0.3, 0.4) is 0 Å². The van der Waals surface area contributed by atoms with Crippen molar-refractivity contribution in [3.63, 3.8) is 0 Å². The van der Waals surface area contributed by atoms with E-state index < -0.39 is 51.8 Å². The number of esters is 2. The summed E-state index contributed by atoms with van der Waals surface area (Å²) in [5.41, 5.74) is 0. The van der Waals surface area contributed by atoms with Gasteiger partial charge in [-0.25, -0.2) is 4.57 Å². The van der Waals surface area contributed by atoms with Crippen molar-refractivity contribution in [2.75, 3.05) is 26.4 Å². The standard InChI is InChI=1S/C25H47O10P/c1-3-5-6-7-8-9-10-11-12-13-14-15-17-25(29)35-23(20-32-24(28)16-4-2)21-34-36(30,31)33-19-22(27)18-26/h8-9,22-23,26-27H,3-7,10-21H2,1-2H3,(H,30,31)/b9-8-. The number of aliphatic hydroxyl groups is 2. The molecule has 0 saturated carbocycles. The number of carbonyl (C=O) groups is 2. The Morgan fingerprint density at radius 1 is 0.806 bits per heavy atom. The van der Waals surface area contributed by atoms with E-state index in [1.165, 1.54) is 19.3 Å². The molecule has 0 aromatic carbocycles. The zero-order valence-corrected chi connectivity index (χ0v) is 22.9. The molecule has 0 radical (unpaired) electrons. The van der Waals surface area contributed by atoms with Gasteiger partial charge in [0.25, 0.3) is 0 Å². The summed E-state index contributed by atoms with van der Waals surface area (Å²) >= 11 is 0. The summed E-state index contributed by atoms with van der Waals surface area (Å²) in [5.74, 6) is -1.00. The van der Waals surface area contributed by atoms with Crippen molar-refractivity contribution < 1.29 is 47.8 Å². The van der Waals surface area contributed by atoms with Crippen LogP contribution in [-0.2, 0) is 32.7 Å². The summed E-state index contributed by atoms with van der Waals surface area (Å²) in [6, 6.07) is 0. The van der Waals surface area contributed by atoms with Gasteiger partial charge < -0.3 is 24.6 Å². The maximum absolute atomic E-state index is 12.2. The van der Waals surface area contributed by atoms with E-state index in [4.69, 9.17) is 19.1 Å². The van der Waals surface area contributed by atoms with Crippen LogP contribution in [0.5, 0.6) is 0 Å². The first kappa shape index (κ1) is 34.7. The first-order valence-electron chi connectivity index (χ1n) is 13.1. The van der Waals surface area contributed by atoms with Crippen molar-refractivity contribution in [1.29, 1.82) is 0 Å². The van der Waals surface area contributed by atoms with Crippen molar-refractivity contribution in [2.45, 2.75) is 110 Å². The van der Waals surface area contributed by atoms with Crippen molar-refractivity contribution in [3.05, 3.63) is 12.2 Å². The van der Waals surface area contributed by atoms with Gasteiger partial charge in [0.2, 0.25) is 0 Å². The monoisotopic (exact) mass is 538 g/mol. The Morgan fingerprint density at radius 2 is 1.42 bits per heavy atom. The molecule has 0 aliphatic heterocycles. The largest absolute Gasteiger partial charge is 0.472 e. The first-order valence-corrected chi connectivity index (χ1v) is 14.6. The summed E-state index contributed by atoms with van der Waals surface area (Å²) < 4.78 is 31.7. The third-order valence-electron chi connectivity index (χ3n) is 5.14. The summed E-state index contributed by atoms with van der Waals surface area (Å²) in [7, 11) is -4.57. The van der Waals surface area contributed by atoms with Crippen molar-refractivity contribution >= 4 is 19.8 Å². The van der Waals surface area contributed by atoms with Crippen LogP contribution in [0.15, 0.2) is 12.2 Å². The fraction of sp³-hybridized carbons (Fsp3) is 0.840. The van der Waals surface area contributed by atoms with Gasteiger partial charge in [-0.1, -0.05) is 58.1 Å². The van der Waals surface area contributed by atoms with Crippen LogP contribution in [0, 0.1) is 0 Å². The molecule has 3 unspecified atom stereocenters. The van der Waals surface area contributed by atoms with Crippen molar-refractivity contribution in [2.24, 2.45) is 0 Å². The second-order valence-corrected chi connectivity index (χ2v) is 10.2. The highest BCUT2D eigenvalue weighted by molar-refractivity contribution is 7.47. The van der Waals surface area contributed by atoms with E-state index in [9.17, 15) is 24.2 Å². The molecular formula is C25H47O10P. The zero-order chi connectivity index (χ0) is 27.1. The van der Waals surface area contributed by atoms with E-state index in [-0.39, 0.29) is 19.4 Å². The Hall–Kier alpha value is -1.29. The SMILES string of the molecule is CCCCC/C=C\CCCCCCCC(=O)OC(COC(=O)CCC)COP(=O)(O)OCC(O)CO. The molecule has 10 nitrogen and oxygen atoms in total. The van der Waals surface area contributed by atoms with E-state index in [1.807, 2.05) is 6.92 Å². The molecule has 0 heterocycles. The van der Waals surface area contributed by atoms with Gasteiger partial charge in [-0.2, -0.15) is 0 Å². The van der Waals surface area contributed by atoms with E-state index in [2.05, 4.69) is 23.6 Å². The molecule has 3 N–H and O–H groups in total. The van der Waals surface area contributed by atoms with Gasteiger partial charge >= 0.3 is 19.8 Å². The number of hydrogen-bond acceptors (Lipinski definition) is 9. The van der Waals surface area contributed by atoms with Crippen LogP contribution in [0.25, 0.3) is 0 Å². The van der Waals surface area contributed by atoms with Crippen LogP contribution < -0.4 is 0 Å². The Kier molecular flexibility index (Phi) is 22.1. The van der Waals surface area contributed by atoms with Crippen molar-refractivity contribution in [3.8, 4) is 0 Å². The van der Waals surface area contributed by atoms with Gasteiger partial charge in [-0.15, -0.1) is 0 Å². The number of allylic oxidation sites excluding steroid dienone is 2. The number of carbonyl (C=O) groups excluding carboxylic acids is 2. The Morgan fingerprint density at radius 3 is 2.06 bits per heavy atom. The molecule has 0 bridgehead atoms. The van der Waals surface area contributed by atoms with E-state index in [1.54, 1.807) is 0 Å². The maximum atomic E-state index is 12.2. The second kappa shape index (κ2) is 22.9. The lowest BCUT2D eigenvalue weighted by Gasteiger charge is -2.20. The third kappa shape index (κ3) is 21.9. The number of ether oxygens (including phenoxy) is 2. The van der Waals surface area contributed by atoms with Crippen LogP contribution in [0.1, 0.15) is 97.3 Å². The van der Waals surface area contributed by atoms with Crippen LogP contribution >= 0.6 is 7.82 Å². The first-order chi connectivity index (χ1) is 17.2. The number of aliphatic hydroxyl groups excluding tert-OH is 2. The fourth-order valence-electron chi connectivity index (χ4n) is 3.08. The van der Waals surface area contributed by atoms with Gasteiger partial charge in [-0.3, -0.25) is 18.6 Å². The Balaban J connectivity index is 4.31. The number of hydrogen-bond donors (Lipinski definition) is 3. The lowest BCUT2D eigenvalue weighted by molar-refractivity contribution is -0.161. The highest BCUT2D eigenvalue weighted by Crippen LogP contribution is 2.43. The normalized spacial score (nSPS) is 14.9. The average molecular weight is 539 g/mol. The van der Waals surface area contributed by atoms with Crippen LogP contribution in [0.2, 0.25) is 0 Å². The van der Waals surface area contributed by atoms with Crippen molar-refractivity contribution in [1.82, 2.24) is 0 Å². The minimum absolute atomic E-state index is 0.173. The second-order valence-electron chi connectivity index (χ2n) is 8.71. The molecule has 11 heteroatoms. The van der Waals surface area contributed by atoms with Gasteiger partial charge in [0.05, 0.1) is 19.8 Å². The quantitative estimate of drug-likeness (QED) is 0.0689. The number of rotatable bonds is 24. The average Bonchev–Trinajstić information content (AvgIpc) is 2.85. The highest BCUT2D eigenvalue weighted by Gasteiger charge is 2.27. The molecule has 0 amide bonds. The fourth-order valence-corrected chi connectivity index (χ4v) is 3.87. The van der Waals surface area contributed by atoms with Gasteiger partial charge in [-0.05, 0) is 38.5 Å². The highest BCUT2D eigenvalue weighted by atomic mass is 31.2. The predicted octanol–water partition coefficient (Wildman–Crippen LogP) is 4.60. The van der Waals surface area contributed by atoms with Gasteiger partial charge in [0, 0.05) is 12.8 Å². The topological polar surface area (TPSA) is 149 Å². The molecule has 0 aromatic heterocycles. The molecule has 0 aliphatic rings. The van der Waals surface area contributed by atoms with Crippen LogP contribution in [0.4, 0.5) is 0 Å². The molecule has 0 fully saturated rings. The summed E-state index contributed by atoms with van der Waals surface area (Å²) in [6.45, 7) is 1.88. The molecule has 3 atom stereocenters. The molecule has 212 valence electrons. The van der Waals surface area contributed by atoms with Gasteiger partial charge in [0.15, 0.2) is 6.10 Å².